The Morgan fingerprint density at radius 1 is 1.03 bits per heavy atom. The zero-order valence-electron chi connectivity index (χ0n) is 17.6. The Morgan fingerprint density at radius 3 is 2.25 bits per heavy atom. The number of sulfonamides is 1. The average molecular weight is 457 g/mol. The number of piperidine rings is 1. The Bertz CT molecular complexity index is 1180. The quantitative estimate of drug-likeness (QED) is 0.462. The lowest BCUT2D eigenvalue weighted by Crippen LogP contribution is -2.59. The van der Waals surface area contributed by atoms with E-state index in [1.54, 1.807) is 55.5 Å². The number of nitrogens with zero attached hydrogens (tertiary/aromatic N) is 2. The molecule has 0 spiro atoms. The van der Waals surface area contributed by atoms with E-state index in [-0.39, 0.29) is 10.7 Å². The van der Waals surface area contributed by atoms with Crippen molar-refractivity contribution in [3.8, 4) is 0 Å². The van der Waals surface area contributed by atoms with E-state index in [4.69, 9.17) is 4.42 Å². The Kier molecular flexibility index (Phi) is 5.89. The molecule has 1 fully saturated rings. The van der Waals surface area contributed by atoms with Crippen molar-refractivity contribution in [1.29, 1.82) is 0 Å². The smallest absolute Gasteiger partial charge is 0.246 e. The Hall–Kier alpha value is -3.01. The third-order valence-corrected chi connectivity index (χ3v) is 7.99. The number of furan rings is 1. The van der Waals surface area contributed by atoms with Crippen LogP contribution in [0.1, 0.15) is 35.8 Å². The summed E-state index contributed by atoms with van der Waals surface area (Å²) in [7, 11) is -4.29. The van der Waals surface area contributed by atoms with E-state index in [2.05, 4.69) is 0 Å². The first-order valence-electron chi connectivity index (χ1n) is 10.2. The van der Waals surface area contributed by atoms with Crippen LogP contribution >= 0.6 is 0 Å². The fourth-order valence-electron chi connectivity index (χ4n) is 4.54. The minimum atomic E-state index is -4.29. The molecule has 32 heavy (non-hydrogen) atoms. The molecule has 0 bridgehead atoms. The number of rotatable bonds is 5. The SMILES string of the molecule is Cc1ccc(S(=O)(=O)N2C(O)[C@H](C)[C@@H](c3ccccc3)[C@H]([N+](=O)[O-])[C@H]2c2ccco2)cc1. The predicted octanol–water partition coefficient (Wildman–Crippen LogP) is 3.72. The number of hydrogen-bond donors (Lipinski definition) is 1. The molecule has 1 aliphatic rings. The number of aryl methyl sites for hydroxylation is 1. The van der Waals surface area contributed by atoms with E-state index in [0.29, 0.717) is 5.56 Å². The van der Waals surface area contributed by atoms with E-state index in [1.807, 2.05) is 6.92 Å². The van der Waals surface area contributed by atoms with Gasteiger partial charge in [-0.2, -0.15) is 4.31 Å². The highest BCUT2D eigenvalue weighted by atomic mass is 32.2. The number of aliphatic hydroxyl groups excluding tert-OH is 1. The highest BCUT2D eigenvalue weighted by molar-refractivity contribution is 7.89. The summed E-state index contributed by atoms with van der Waals surface area (Å²) in [5.41, 5.74) is 1.52. The maximum absolute atomic E-state index is 13.7. The molecule has 1 unspecified atom stereocenters. The zero-order valence-corrected chi connectivity index (χ0v) is 18.4. The van der Waals surface area contributed by atoms with Crippen LogP contribution in [0.3, 0.4) is 0 Å². The van der Waals surface area contributed by atoms with Crippen molar-refractivity contribution < 1.29 is 22.9 Å². The molecule has 9 heteroatoms. The van der Waals surface area contributed by atoms with Crippen molar-refractivity contribution in [2.75, 3.05) is 0 Å². The van der Waals surface area contributed by atoms with Gasteiger partial charge in [0, 0.05) is 10.8 Å². The van der Waals surface area contributed by atoms with Gasteiger partial charge in [0.25, 0.3) is 0 Å². The van der Waals surface area contributed by atoms with Crippen LogP contribution < -0.4 is 0 Å². The van der Waals surface area contributed by atoms with Crippen molar-refractivity contribution in [3.05, 3.63) is 100.0 Å². The van der Waals surface area contributed by atoms with Crippen LogP contribution in [-0.2, 0) is 10.0 Å². The Labute approximate surface area is 186 Å². The Morgan fingerprint density at radius 2 is 1.69 bits per heavy atom. The second kappa shape index (κ2) is 8.50. The van der Waals surface area contributed by atoms with Gasteiger partial charge >= 0.3 is 0 Å². The van der Waals surface area contributed by atoms with Gasteiger partial charge in [-0.15, -0.1) is 0 Å². The van der Waals surface area contributed by atoms with E-state index in [1.165, 1.54) is 24.5 Å². The number of benzene rings is 2. The van der Waals surface area contributed by atoms with Gasteiger partial charge in [-0.3, -0.25) is 10.1 Å². The first kappa shape index (κ1) is 22.2. The molecule has 5 atom stereocenters. The van der Waals surface area contributed by atoms with Gasteiger partial charge in [-0.1, -0.05) is 55.0 Å². The highest BCUT2D eigenvalue weighted by Gasteiger charge is 2.59. The summed E-state index contributed by atoms with van der Waals surface area (Å²) in [4.78, 5) is 11.9. The van der Waals surface area contributed by atoms with Crippen LogP contribution in [0.25, 0.3) is 0 Å². The molecular weight excluding hydrogens is 432 g/mol. The summed E-state index contributed by atoms with van der Waals surface area (Å²) in [6.07, 6.45) is -0.164. The molecule has 0 radical (unpaired) electrons. The normalized spacial score (nSPS) is 26.7. The first-order valence-corrected chi connectivity index (χ1v) is 11.7. The molecular formula is C23H24N2O6S. The van der Waals surface area contributed by atoms with Crippen molar-refractivity contribution in [1.82, 2.24) is 4.31 Å². The second-order valence-electron chi connectivity index (χ2n) is 8.09. The molecule has 1 N–H and O–H groups in total. The molecule has 0 aliphatic carbocycles. The third kappa shape index (κ3) is 3.72. The molecule has 0 amide bonds. The van der Waals surface area contributed by atoms with Gasteiger partial charge in [0.05, 0.1) is 17.1 Å². The zero-order chi connectivity index (χ0) is 23.0. The lowest BCUT2D eigenvalue weighted by atomic mass is 9.74. The minimum Gasteiger partial charge on any atom is -0.467 e. The minimum absolute atomic E-state index is 0.0498. The summed E-state index contributed by atoms with van der Waals surface area (Å²) >= 11 is 0. The lowest BCUT2D eigenvalue weighted by molar-refractivity contribution is -0.543. The molecule has 168 valence electrons. The van der Waals surface area contributed by atoms with Gasteiger partial charge in [0.2, 0.25) is 16.1 Å². The van der Waals surface area contributed by atoms with Gasteiger partial charge in [-0.25, -0.2) is 8.42 Å². The van der Waals surface area contributed by atoms with Crippen molar-refractivity contribution >= 4 is 10.0 Å². The molecule has 2 aromatic carbocycles. The summed E-state index contributed by atoms with van der Waals surface area (Å²) < 4.78 is 33.7. The number of nitro groups is 1. The number of aliphatic hydroxyl groups is 1. The van der Waals surface area contributed by atoms with Gasteiger partial charge in [-0.05, 0) is 36.8 Å². The van der Waals surface area contributed by atoms with Gasteiger partial charge in [0.15, 0.2) is 6.04 Å². The highest BCUT2D eigenvalue weighted by Crippen LogP contribution is 2.48. The van der Waals surface area contributed by atoms with E-state index < -0.39 is 45.1 Å². The van der Waals surface area contributed by atoms with E-state index >= 15 is 0 Å². The fourth-order valence-corrected chi connectivity index (χ4v) is 6.27. The van der Waals surface area contributed by atoms with E-state index in [0.717, 1.165) is 9.87 Å². The van der Waals surface area contributed by atoms with Crippen LogP contribution in [-0.4, -0.2) is 35.0 Å². The van der Waals surface area contributed by atoms with Crippen LogP contribution in [0, 0.1) is 23.0 Å². The fraction of sp³-hybridized carbons (Fsp3) is 0.304. The lowest BCUT2D eigenvalue weighted by Gasteiger charge is -2.46. The van der Waals surface area contributed by atoms with Gasteiger partial charge < -0.3 is 9.52 Å². The van der Waals surface area contributed by atoms with Crippen LogP contribution in [0.2, 0.25) is 0 Å². The molecule has 1 aromatic heterocycles. The molecule has 0 saturated carbocycles. The van der Waals surface area contributed by atoms with Crippen molar-refractivity contribution in [2.45, 2.75) is 43.0 Å². The predicted molar refractivity (Wildman–Crippen MR) is 117 cm³/mol. The van der Waals surface area contributed by atoms with Crippen molar-refractivity contribution in [2.24, 2.45) is 5.92 Å². The molecule has 8 nitrogen and oxygen atoms in total. The molecule has 3 aromatic rings. The maximum Gasteiger partial charge on any atom is 0.246 e. The molecule has 4 rings (SSSR count). The molecule has 1 aliphatic heterocycles. The van der Waals surface area contributed by atoms with Crippen LogP contribution in [0.5, 0.6) is 0 Å². The largest absolute Gasteiger partial charge is 0.467 e. The maximum atomic E-state index is 13.7. The summed E-state index contributed by atoms with van der Waals surface area (Å²) in [6, 6.07) is 15.4. The first-order chi connectivity index (χ1) is 15.2. The van der Waals surface area contributed by atoms with Crippen LogP contribution in [0.4, 0.5) is 0 Å². The standard InChI is InChI=1S/C23H24N2O6S/c1-15-10-12-18(13-11-15)32(29,30)24-21(19-9-6-14-31-19)22(25(27)28)20(16(2)23(24)26)17-7-4-3-5-8-17/h3-14,16,20-23,26H,1-2H3/t16-,20+,21-,22+,23?/m1/s1. The third-order valence-electron chi connectivity index (χ3n) is 6.12. The average Bonchev–Trinajstić information content (AvgIpc) is 3.30. The second-order valence-corrected chi connectivity index (χ2v) is 9.94. The van der Waals surface area contributed by atoms with Gasteiger partial charge in [0.1, 0.15) is 12.0 Å². The molecule has 2 heterocycles. The summed E-state index contributed by atoms with van der Waals surface area (Å²) in [5, 5.41) is 23.7. The van der Waals surface area contributed by atoms with E-state index in [9.17, 15) is 23.6 Å². The van der Waals surface area contributed by atoms with Crippen molar-refractivity contribution in [3.63, 3.8) is 0 Å². The summed E-state index contributed by atoms with van der Waals surface area (Å²) in [5.74, 6) is -1.38. The number of hydrogen-bond acceptors (Lipinski definition) is 6. The van der Waals surface area contributed by atoms with Crippen LogP contribution in [0.15, 0.2) is 82.3 Å². The topological polar surface area (TPSA) is 114 Å². The summed E-state index contributed by atoms with van der Waals surface area (Å²) in [6.45, 7) is 3.46. The monoisotopic (exact) mass is 456 g/mol. The Balaban J connectivity index is 1.92. The molecule has 1 saturated heterocycles.